The van der Waals surface area contributed by atoms with Crippen molar-refractivity contribution in [3.63, 3.8) is 0 Å². The summed E-state index contributed by atoms with van der Waals surface area (Å²) in [6, 6.07) is 7.67. The summed E-state index contributed by atoms with van der Waals surface area (Å²) in [6.07, 6.45) is 6.41. The molecule has 0 spiro atoms. The Morgan fingerprint density at radius 1 is 1.26 bits per heavy atom. The fourth-order valence-electron chi connectivity index (χ4n) is 4.24. The normalized spacial score (nSPS) is 19.2. The maximum absolute atomic E-state index is 15.8. The first-order valence-corrected chi connectivity index (χ1v) is 13.4. The highest BCUT2D eigenvalue weighted by Gasteiger charge is 2.31. The molecule has 2 heterocycles. The second-order valence-electron chi connectivity index (χ2n) is 8.95. The summed E-state index contributed by atoms with van der Waals surface area (Å²) in [4.78, 5) is 2.38. The zero-order valence-corrected chi connectivity index (χ0v) is 19.8. The summed E-state index contributed by atoms with van der Waals surface area (Å²) in [7, 11) is 0.510. The summed E-state index contributed by atoms with van der Waals surface area (Å²) in [5.41, 5.74) is 3.66. The van der Waals surface area contributed by atoms with Gasteiger partial charge in [-0.1, -0.05) is 18.1 Å². The maximum atomic E-state index is 15.8. The van der Waals surface area contributed by atoms with Crippen molar-refractivity contribution >= 4 is 10.0 Å². The molecule has 1 saturated heterocycles. The van der Waals surface area contributed by atoms with E-state index in [1.807, 2.05) is 25.1 Å². The highest BCUT2D eigenvalue weighted by Crippen LogP contribution is 2.43. The van der Waals surface area contributed by atoms with Gasteiger partial charge in [-0.15, -0.1) is 0 Å². The molecule has 4 nitrogen and oxygen atoms in total. The number of aryl methyl sites for hydroxylation is 1. The highest BCUT2D eigenvalue weighted by atomic mass is 32.3. The Labute approximate surface area is 186 Å². The molecule has 0 amide bonds. The summed E-state index contributed by atoms with van der Waals surface area (Å²) in [5, 5.41) is 6.82. The Morgan fingerprint density at radius 3 is 2.81 bits per heavy atom. The van der Waals surface area contributed by atoms with Crippen LogP contribution in [0.25, 0.3) is 11.1 Å². The van der Waals surface area contributed by atoms with Gasteiger partial charge in [-0.05, 0) is 48.6 Å². The van der Waals surface area contributed by atoms with Crippen molar-refractivity contribution in [3.05, 3.63) is 46.8 Å². The Bertz CT molecular complexity index is 1050. The topological polar surface area (TPSA) is 33.7 Å². The van der Waals surface area contributed by atoms with Gasteiger partial charge in [0, 0.05) is 42.9 Å². The van der Waals surface area contributed by atoms with Crippen LogP contribution in [0.1, 0.15) is 16.7 Å². The fraction of sp³-hybridized carbons (Fsp3) is 0.440. The van der Waals surface area contributed by atoms with Crippen molar-refractivity contribution in [2.75, 3.05) is 52.1 Å². The van der Waals surface area contributed by atoms with Crippen molar-refractivity contribution in [3.8, 4) is 33.8 Å². The minimum absolute atomic E-state index is 0.273. The first-order chi connectivity index (χ1) is 14.8. The van der Waals surface area contributed by atoms with Crippen LogP contribution in [0, 0.1) is 23.9 Å². The summed E-state index contributed by atoms with van der Waals surface area (Å²) < 4.78 is 27.8. The van der Waals surface area contributed by atoms with Crippen LogP contribution < -0.4 is 14.8 Å². The molecule has 31 heavy (non-hydrogen) atoms. The quantitative estimate of drug-likeness (QED) is 0.714. The zero-order valence-electron chi connectivity index (χ0n) is 19.0. The fourth-order valence-corrected chi connectivity index (χ4v) is 4.65. The van der Waals surface area contributed by atoms with Crippen molar-refractivity contribution < 1.29 is 13.9 Å². The number of halogens is 1. The van der Waals surface area contributed by atoms with Gasteiger partial charge in [-0.25, -0.2) is 4.39 Å². The SMILES string of the molecule is COc1cccc(C)c1-c1c(F)cc2c(c1C#CS(C)(C)C)OC[C@H]1CNCCN1C2. The highest BCUT2D eigenvalue weighted by molar-refractivity contribution is 8.35. The molecule has 0 aliphatic carbocycles. The Morgan fingerprint density at radius 2 is 2.06 bits per heavy atom. The van der Waals surface area contributed by atoms with Gasteiger partial charge in [0.05, 0.1) is 18.7 Å². The number of rotatable bonds is 2. The second-order valence-corrected chi connectivity index (χ2v) is 12.8. The molecular formula is C25H31FN2O2S. The van der Waals surface area contributed by atoms with E-state index in [-0.39, 0.29) is 11.9 Å². The Kier molecular flexibility index (Phi) is 6.20. The van der Waals surface area contributed by atoms with Crippen LogP contribution in [-0.2, 0) is 6.54 Å². The van der Waals surface area contributed by atoms with Crippen LogP contribution in [0.3, 0.4) is 0 Å². The maximum Gasteiger partial charge on any atom is 0.140 e. The lowest BCUT2D eigenvalue weighted by Crippen LogP contribution is -2.52. The molecule has 2 aromatic rings. The molecule has 0 aromatic heterocycles. The molecule has 0 saturated carbocycles. The van der Waals surface area contributed by atoms with E-state index in [9.17, 15) is 0 Å². The molecule has 4 rings (SSSR count). The molecule has 1 N–H and O–H groups in total. The number of benzene rings is 2. The lowest BCUT2D eigenvalue weighted by molar-refractivity contribution is 0.120. The van der Waals surface area contributed by atoms with Crippen LogP contribution >= 0.6 is 10.0 Å². The van der Waals surface area contributed by atoms with Crippen molar-refractivity contribution in [1.29, 1.82) is 0 Å². The zero-order chi connectivity index (χ0) is 22.2. The third-order valence-electron chi connectivity index (χ3n) is 5.76. The molecule has 2 aliphatic heterocycles. The number of methoxy groups -OCH3 is 1. The molecule has 2 aromatic carbocycles. The lowest BCUT2D eigenvalue weighted by Gasteiger charge is -2.33. The van der Waals surface area contributed by atoms with Gasteiger partial charge in [0.25, 0.3) is 0 Å². The molecular weight excluding hydrogens is 411 g/mol. The third-order valence-corrected chi connectivity index (χ3v) is 6.48. The second kappa shape index (κ2) is 8.74. The number of nitrogens with zero attached hydrogens (tertiary/aromatic N) is 1. The number of hydrogen-bond acceptors (Lipinski definition) is 4. The number of ether oxygens (including phenoxy) is 2. The molecule has 2 aliphatic rings. The first kappa shape index (κ1) is 22.0. The molecule has 0 radical (unpaired) electrons. The third kappa shape index (κ3) is 4.55. The molecule has 6 heteroatoms. The van der Waals surface area contributed by atoms with Gasteiger partial charge in [-0.2, -0.15) is 10.0 Å². The van der Waals surface area contributed by atoms with E-state index in [0.717, 1.165) is 36.3 Å². The van der Waals surface area contributed by atoms with Gasteiger partial charge in [0.2, 0.25) is 0 Å². The van der Waals surface area contributed by atoms with E-state index in [1.165, 1.54) is 0 Å². The standard InChI is InChI=1S/C25H31FN2O2S/c1-17-7-6-8-22(29-2)23(17)24-20(9-12-31(3,4)5)25-18(13-21(24)26)15-28-11-10-27-14-19(28)16-30-25/h6-8,13,19,27H,10-11,14-16H2,1-5H3/t19-/m1/s1. The van der Waals surface area contributed by atoms with E-state index in [2.05, 4.69) is 40.2 Å². The van der Waals surface area contributed by atoms with Crippen LogP contribution in [0.4, 0.5) is 4.39 Å². The average Bonchev–Trinajstić information content (AvgIpc) is 2.90. The van der Waals surface area contributed by atoms with Crippen LogP contribution in [0.2, 0.25) is 0 Å². The van der Waals surface area contributed by atoms with Crippen LogP contribution in [-0.4, -0.2) is 63.1 Å². The number of piperazine rings is 1. The molecule has 1 fully saturated rings. The Balaban J connectivity index is 1.97. The number of hydrogen-bond donors (Lipinski definition) is 1. The number of fused-ring (bicyclic) bond motifs is 2. The largest absolute Gasteiger partial charge is 0.496 e. The van der Waals surface area contributed by atoms with Crippen LogP contribution in [0.5, 0.6) is 11.5 Å². The molecule has 0 unspecified atom stereocenters. The summed E-state index contributed by atoms with van der Waals surface area (Å²) in [5.74, 6) is 4.41. The van der Waals surface area contributed by atoms with E-state index >= 15 is 4.39 Å². The van der Waals surface area contributed by atoms with E-state index in [4.69, 9.17) is 9.47 Å². The van der Waals surface area contributed by atoms with Crippen LogP contribution in [0.15, 0.2) is 24.3 Å². The predicted octanol–water partition coefficient (Wildman–Crippen LogP) is 3.98. The minimum atomic E-state index is -1.11. The van der Waals surface area contributed by atoms with E-state index < -0.39 is 10.0 Å². The molecule has 1 atom stereocenters. The van der Waals surface area contributed by atoms with Gasteiger partial charge >= 0.3 is 0 Å². The van der Waals surface area contributed by atoms with Gasteiger partial charge < -0.3 is 14.8 Å². The lowest BCUT2D eigenvalue weighted by atomic mass is 9.92. The van der Waals surface area contributed by atoms with Gasteiger partial charge in [-0.3, -0.25) is 4.90 Å². The number of nitrogens with one attached hydrogen (secondary N) is 1. The monoisotopic (exact) mass is 442 g/mol. The van der Waals surface area contributed by atoms with E-state index in [0.29, 0.717) is 35.8 Å². The van der Waals surface area contributed by atoms with E-state index in [1.54, 1.807) is 13.2 Å². The summed E-state index contributed by atoms with van der Waals surface area (Å²) >= 11 is 0. The smallest absolute Gasteiger partial charge is 0.140 e. The van der Waals surface area contributed by atoms with Crippen molar-refractivity contribution in [2.45, 2.75) is 19.5 Å². The predicted molar refractivity (Wildman–Crippen MR) is 128 cm³/mol. The molecule has 166 valence electrons. The van der Waals surface area contributed by atoms with Crippen molar-refractivity contribution in [1.82, 2.24) is 10.2 Å². The van der Waals surface area contributed by atoms with Gasteiger partial charge in [0.15, 0.2) is 0 Å². The summed E-state index contributed by atoms with van der Waals surface area (Å²) in [6.45, 7) is 5.94. The molecule has 0 bridgehead atoms. The van der Waals surface area contributed by atoms with Crippen molar-refractivity contribution in [2.24, 2.45) is 0 Å². The Hall–Kier alpha value is -2.20. The minimum Gasteiger partial charge on any atom is -0.496 e. The first-order valence-electron chi connectivity index (χ1n) is 10.6. The van der Waals surface area contributed by atoms with Gasteiger partial charge in [0.1, 0.15) is 23.9 Å². The average molecular weight is 443 g/mol.